The van der Waals surface area contributed by atoms with Gasteiger partial charge in [-0.25, -0.2) is 9.69 Å². The molecule has 6 aromatic carbocycles. The zero-order valence-corrected chi connectivity index (χ0v) is 24.9. The fourth-order valence-electron chi connectivity index (χ4n) is 6.58. The number of para-hydroxylation sites is 1. The molecule has 0 aliphatic carbocycles. The molecule has 210 valence electrons. The van der Waals surface area contributed by atoms with Crippen LogP contribution in [-0.4, -0.2) is 4.57 Å². The lowest BCUT2D eigenvalue weighted by Gasteiger charge is -2.14. The van der Waals surface area contributed by atoms with Crippen LogP contribution in [0.1, 0.15) is 11.1 Å². The second kappa shape index (κ2) is 10.5. The molecule has 0 atom stereocenters. The molecule has 0 aliphatic heterocycles. The van der Waals surface area contributed by atoms with E-state index in [1.54, 1.807) is 47.7 Å². The third kappa shape index (κ3) is 3.90. The minimum atomic E-state index is 0.420. The van der Waals surface area contributed by atoms with Gasteiger partial charge in [0.15, 0.2) is 11.4 Å². The highest BCUT2D eigenvalue weighted by atomic mass is 32.1. The van der Waals surface area contributed by atoms with Crippen molar-refractivity contribution in [1.82, 2.24) is 4.57 Å². The van der Waals surface area contributed by atoms with Gasteiger partial charge in [0.1, 0.15) is 0 Å². The van der Waals surface area contributed by atoms with Crippen LogP contribution in [0, 0.1) is 35.8 Å². The van der Waals surface area contributed by atoms with Crippen molar-refractivity contribution < 1.29 is 0 Å². The molecule has 2 heterocycles. The summed E-state index contributed by atoms with van der Waals surface area (Å²) in [5.41, 5.74) is 7.14. The molecular formula is C40H19N5S. The van der Waals surface area contributed by atoms with Crippen LogP contribution in [0.3, 0.4) is 0 Å². The number of aromatic nitrogens is 1. The van der Waals surface area contributed by atoms with E-state index in [0.29, 0.717) is 33.6 Å². The van der Waals surface area contributed by atoms with Gasteiger partial charge in [0, 0.05) is 47.8 Å². The van der Waals surface area contributed by atoms with E-state index in [-0.39, 0.29) is 0 Å². The summed E-state index contributed by atoms with van der Waals surface area (Å²) in [4.78, 5) is 7.50. The third-order valence-corrected chi connectivity index (χ3v) is 9.68. The molecule has 46 heavy (non-hydrogen) atoms. The van der Waals surface area contributed by atoms with Crippen molar-refractivity contribution in [1.29, 1.82) is 10.5 Å². The van der Waals surface area contributed by atoms with Gasteiger partial charge in [-0.1, -0.05) is 72.8 Å². The normalized spacial score (nSPS) is 11.0. The molecule has 8 rings (SSSR count). The van der Waals surface area contributed by atoms with Crippen molar-refractivity contribution in [2.24, 2.45) is 0 Å². The Morgan fingerprint density at radius 2 is 1.26 bits per heavy atom. The van der Waals surface area contributed by atoms with Gasteiger partial charge in [-0.15, -0.1) is 11.3 Å². The maximum Gasteiger partial charge on any atom is 0.184 e. The molecule has 0 fully saturated rings. The summed E-state index contributed by atoms with van der Waals surface area (Å²) < 4.78 is 4.59. The lowest BCUT2D eigenvalue weighted by Crippen LogP contribution is -1.98. The van der Waals surface area contributed by atoms with Crippen molar-refractivity contribution in [3.05, 3.63) is 149 Å². The number of hydrogen-bond donors (Lipinski definition) is 0. The first-order chi connectivity index (χ1) is 22.6. The summed E-state index contributed by atoms with van der Waals surface area (Å²) in [5.74, 6) is 0. The maximum atomic E-state index is 10.1. The number of nitriles is 2. The maximum absolute atomic E-state index is 10.1. The Labute approximate surface area is 268 Å². The first kappa shape index (κ1) is 26.9. The molecule has 0 amide bonds. The molecule has 8 aromatic rings. The molecule has 0 saturated carbocycles. The number of fused-ring (bicyclic) bond motifs is 6. The average Bonchev–Trinajstić information content (AvgIpc) is 3.65. The van der Waals surface area contributed by atoms with Gasteiger partial charge in [0.2, 0.25) is 0 Å². The minimum Gasteiger partial charge on any atom is -0.309 e. The quantitative estimate of drug-likeness (QED) is 0.189. The molecule has 6 heteroatoms. The summed E-state index contributed by atoms with van der Waals surface area (Å²) in [7, 11) is 0. The van der Waals surface area contributed by atoms with E-state index < -0.39 is 0 Å². The van der Waals surface area contributed by atoms with E-state index in [1.807, 2.05) is 24.3 Å². The molecule has 0 N–H and O–H groups in total. The molecule has 0 radical (unpaired) electrons. The highest BCUT2D eigenvalue weighted by Gasteiger charge is 2.22. The van der Waals surface area contributed by atoms with Gasteiger partial charge in [0.05, 0.1) is 47.4 Å². The van der Waals surface area contributed by atoms with Crippen molar-refractivity contribution in [3.8, 4) is 40.1 Å². The van der Waals surface area contributed by atoms with Gasteiger partial charge >= 0.3 is 0 Å². The van der Waals surface area contributed by atoms with Crippen LogP contribution in [0.5, 0.6) is 0 Å². The van der Waals surface area contributed by atoms with E-state index >= 15 is 0 Å². The van der Waals surface area contributed by atoms with E-state index in [9.17, 15) is 10.5 Å². The van der Waals surface area contributed by atoms with E-state index in [2.05, 4.69) is 81.0 Å². The summed E-state index contributed by atoms with van der Waals surface area (Å²) in [6.45, 7) is 15.7. The molecule has 0 bridgehead atoms. The monoisotopic (exact) mass is 601 g/mol. The van der Waals surface area contributed by atoms with E-state index in [4.69, 9.17) is 13.1 Å². The molecule has 0 aliphatic rings. The zero-order chi connectivity index (χ0) is 31.4. The summed E-state index contributed by atoms with van der Waals surface area (Å²) in [5, 5.41) is 24.6. The number of benzene rings is 6. The Morgan fingerprint density at radius 3 is 2.00 bits per heavy atom. The van der Waals surface area contributed by atoms with Gasteiger partial charge < -0.3 is 4.57 Å². The van der Waals surface area contributed by atoms with Crippen LogP contribution in [0.25, 0.3) is 79.6 Å². The largest absolute Gasteiger partial charge is 0.309 e. The summed E-state index contributed by atoms with van der Waals surface area (Å²) >= 11 is 1.75. The van der Waals surface area contributed by atoms with Crippen molar-refractivity contribution >= 4 is 64.7 Å². The Balaban J connectivity index is 1.55. The predicted octanol–water partition coefficient (Wildman–Crippen LogP) is 11.3. The first-order valence-corrected chi connectivity index (χ1v) is 15.3. The first-order valence-electron chi connectivity index (χ1n) is 14.5. The lowest BCUT2D eigenvalue weighted by molar-refractivity contribution is 1.19. The van der Waals surface area contributed by atoms with E-state index in [1.165, 1.54) is 14.8 Å². The van der Waals surface area contributed by atoms with Gasteiger partial charge in [0.25, 0.3) is 0 Å². The topological polar surface area (TPSA) is 61.2 Å². The van der Waals surface area contributed by atoms with Gasteiger partial charge in [-0.2, -0.15) is 10.5 Å². The second-order valence-electron chi connectivity index (χ2n) is 10.9. The highest BCUT2D eigenvalue weighted by molar-refractivity contribution is 7.25. The van der Waals surface area contributed by atoms with Gasteiger partial charge in [-0.3, -0.25) is 0 Å². The lowest BCUT2D eigenvalue weighted by atomic mass is 9.93. The number of thiophene rings is 1. The molecule has 2 aromatic heterocycles. The number of nitrogens with zero attached hydrogens (tertiary/aromatic N) is 5. The Hall–Kier alpha value is -6.70. The molecule has 0 spiro atoms. The van der Waals surface area contributed by atoms with Crippen LogP contribution in [-0.2, 0) is 0 Å². The fourth-order valence-corrected chi connectivity index (χ4v) is 7.67. The number of rotatable bonds is 3. The van der Waals surface area contributed by atoms with Crippen LogP contribution >= 0.6 is 11.3 Å². The van der Waals surface area contributed by atoms with E-state index in [0.717, 1.165) is 44.0 Å². The standard InChI is InChI=1S/C40H19N5S/c1-43-33-13-7-14-34(44-2)39(33)24-16-18-28-30-11-6-12-31(38-25(22-41)8-5-9-26(38)23-42)40(30)45(35(28)20-24)27-17-19-37-32(21-27)29-10-3-4-15-36(29)46-37/h3-21H. The average molecular weight is 602 g/mol. The minimum absolute atomic E-state index is 0.420. The SMILES string of the molecule is [C-]#[N+]c1cccc([N+]#[C-])c1-c1ccc2c3cccc(-c4c(C#N)cccc4C#N)c3n(-c3ccc4sc5ccccc5c4c3)c2c1. The Morgan fingerprint density at radius 1 is 0.587 bits per heavy atom. The Kier molecular flexibility index (Phi) is 6.13. The molecule has 0 saturated heterocycles. The van der Waals surface area contributed by atoms with Crippen LogP contribution in [0.15, 0.2) is 115 Å². The van der Waals surface area contributed by atoms with Gasteiger partial charge in [-0.05, 0) is 53.6 Å². The molecule has 0 unspecified atom stereocenters. The smallest absolute Gasteiger partial charge is 0.184 e. The van der Waals surface area contributed by atoms with Crippen LogP contribution in [0.4, 0.5) is 11.4 Å². The molecule has 5 nitrogen and oxygen atoms in total. The number of hydrogen-bond acceptors (Lipinski definition) is 3. The Bertz CT molecular complexity index is 2690. The third-order valence-electron chi connectivity index (χ3n) is 8.53. The summed E-state index contributed by atoms with van der Waals surface area (Å²) in [6.07, 6.45) is 0. The fraction of sp³-hybridized carbons (Fsp3) is 0. The zero-order valence-electron chi connectivity index (χ0n) is 24.1. The second-order valence-corrected chi connectivity index (χ2v) is 12.0. The summed E-state index contributed by atoms with van der Waals surface area (Å²) in [6, 6.07) is 42.0. The van der Waals surface area contributed by atoms with Crippen molar-refractivity contribution in [2.45, 2.75) is 0 Å². The highest BCUT2D eigenvalue weighted by Crippen LogP contribution is 2.45. The molecular weight excluding hydrogens is 583 g/mol. The van der Waals surface area contributed by atoms with Crippen LogP contribution < -0.4 is 0 Å². The van der Waals surface area contributed by atoms with Crippen molar-refractivity contribution in [2.75, 3.05) is 0 Å². The van der Waals surface area contributed by atoms with Crippen LogP contribution in [0.2, 0.25) is 0 Å². The van der Waals surface area contributed by atoms with Crippen molar-refractivity contribution in [3.63, 3.8) is 0 Å². The predicted molar refractivity (Wildman–Crippen MR) is 186 cm³/mol.